The van der Waals surface area contributed by atoms with Crippen LogP contribution in [0.3, 0.4) is 0 Å². The van der Waals surface area contributed by atoms with Gasteiger partial charge in [-0.1, -0.05) is 6.07 Å². The summed E-state index contributed by atoms with van der Waals surface area (Å²) in [6.07, 6.45) is 4.12. The quantitative estimate of drug-likeness (QED) is 0.378. The van der Waals surface area contributed by atoms with Crippen molar-refractivity contribution in [3.8, 4) is 6.07 Å². The predicted molar refractivity (Wildman–Crippen MR) is 152 cm³/mol. The first kappa shape index (κ1) is 29.4. The number of aryl methyl sites for hydroxylation is 2. The zero-order valence-corrected chi connectivity index (χ0v) is 24.4. The molecule has 2 heterocycles. The lowest BCUT2D eigenvalue weighted by molar-refractivity contribution is -0.150. The Morgan fingerprint density at radius 3 is 2.52 bits per heavy atom. The van der Waals surface area contributed by atoms with E-state index in [-0.39, 0.29) is 31.0 Å². The molecule has 1 saturated carbocycles. The number of carbonyl (C=O) groups excluding carboxylic acids is 3. The molecule has 9 heteroatoms. The van der Waals surface area contributed by atoms with Crippen LogP contribution in [-0.2, 0) is 32.0 Å². The molecule has 0 radical (unpaired) electrons. The molecule has 4 rings (SSSR count). The summed E-state index contributed by atoms with van der Waals surface area (Å²) in [7, 11) is 0. The van der Waals surface area contributed by atoms with Crippen molar-refractivity contribution < 1.29 is 23.9 Å². The van der Waals surface area contributed by atoms with Crippen molar-refractivity contribution in [2.75, 3.05) is 13.2 Å². The van der Waals surface area contributed by atoms with Crippen LogP contribution in [0.5, 0.6) is 0 Å². The van der Waals surface area contributed by atoms with Crippen molar-refractivity contribution >= 4 is 28.9 Å². The second-order valence-corrected chi connectivity index (χ2v) is 11.8. The molecule has 216 valence electrons. The Hall–Kier alpha value is -3.54. The van der Waals surface area contributed by atoms with E-state index >= 15 is 0 Å². The fraction of sp³-hybridized carbons (Fsp3) is 0.613. The van der Waals surface area contributed by atoms with Crippen molar-refractivity contribution in [2.45, 2.75) is 110 Å². The first-order chi connectivity index (χ1) is 19.1. The number of nitrogens with zero attached hydrogens (tertiary/aromatic N) is 4. The van der Waals surface area contributed by atoms with Gasteiger partial charge in [0.15, 0.2) is 0 Å². The highest BCUT2D eigenvalue weighted by Gasteiger charge is 2.46. The summed E-state index contributed by atoms with van der Waals surface area (Å²) in [5, 5.41) is 10.4. The van der Waals surface area contributed by atoms with Gasteiger partial charge in [-0.05, 0) is 96.7 Å². The van der Waals surface area contributed by atoms with Crippen LogP contribution < -0.4 is 0 Å². The lowest BCUT2D eigenvalue weighted by atomic mass is 10.0. The average Bonchev–Trinajstić information content (AvgIpc) is 3.50. The van der Waals surface area contributed by atoms with Crippen LogP contribution in [0.2, 0.25) is 0 Å². The summed E-state index contributed by atoms with van der Waals surface area (Å²) < 4.78 is 13.1. The monoisotopic (exact) mass is 550 g/mol. The minimum Gasteiger partial charge on any atom is -0.466 e. The molecule has 1 aliphatic carbocycles. The summed E-state index contributed by atoms with van der Waals surface area (Å²) in [5.41, 5.74) is 2.13. The molecule has 2 aromatic rings. The van der Waals surface area contributed by atoms with Gasteiger partial charge in [0, 0.05) is 36.4 Å². The van der Waals surface area contributed by atoms with E-state index in [0.717, 1.165) is 56.0 Å². The predicted octanol–water partition coefficient (Wildman–Crippen LogP) is 5.18. The van der Waals surface area contributed by atoms with Gasteiger partial charge in [0.05, 0.1) is 24.7 Å². The van der Waals surface area contributed by atoms with Crippen molar-refractivity contribution in [1.29, 1.82) is 5.26 Å². The van der Waals surface area contributed by atoms with Crippen LogP contribution in [0.1, 0.15) is 84.4 Å². The van der Waals surface area contributed by atoms with E-state index in [1.54, 1.807) is 27.7 Å². The lowest BCUT2D eigenvalue weighted by Crippen LogP contribution is -2.54. The van der Waals surface area contributed by atoms with E-state index in [1.165, 1.54) is 10.6 Å². The highest BCUT2D eigenvalue weighted by Crippen LogP contribution is 2.34. The normalized spacial score (nSPS) is 17.9. The molecule has 0 spiro atoms. The molecule has 1 aromatic carbocycles. The number of benzene rings is 1. The van der Waals surface area contributed by atoms with E-state index in [0.29, 0.717) is 12.1 Å². The molecular formula is C31H42N4O5. The van der Waals surface area contributed by atoms with Gasteiger partial charge in [-0.3, -0.25) is 14.5 Å². The van der Waals surface area contributed by atoms with Crippen LogP contribution in [0, 0.1) is 11.3 Å². The van der Waals surface area contributed by atoms with Gasteiger partial charge in [-0.15, -0.1) is 0 Å². The van der Waals surface area contributed by atoms with Crippen LogP contribution in [-0.4, -0.2) is 69.2 Å². The number of esters is 1. The number of hydrogen-bond acceptors (Lipinski definition) is 6. The van der Waals surface area contributed by atoms with Gasteiger partial charge in [-0.2, -0.15) is 5.26 Å². The molecule has 2 aliphatic rings. The molecule has 2 amide bonds. The number of hydrogen-bond donors (Lipinski definition) is 0. The molecule has 40 heavy (non-hydrogen) atoms. The lowest BCUT2D eigenvalue weighted by Gasteiger charge is -2.36. The number of aromatic nitrogens is 1. The van der Waals surface area contributed by atoms with Gasteiger partial charge < -0.3 is 18.9 Å². The number of ether oxygens (including phenoxy) is 2. The minimum atomic E-state index is -0.950. The highest BCUT2D eigenvalue weighted by atomic mass is 16.6. The topological polar surface area (TPSA) is 105 Å². The van der Waals surface area contributed by atoms with Crippen LogP contribution in [0.25, 0.3) is 10.9 Å². The van der Waals surface area contributed by atoms with Gasteiger partial charge >= 0.3 is 12.1 Å². The third-order valence-electron chi connectivity index (χ3n) is 7.66. The Labute approximate surface area is 237 Å². The number of likely N-dealkylation sites (tertiary alicyclic amines) is 1. The number of amides is 2. The smallest absolute Gasteiger partial charge is 0.411 e. The molecule has 1 saturated heterocycles. The largest absolute Gasteiger partial charge is 0.466 e. The summed E-state index contributed by atoms with van der Waals surface area (Å²) >= 11 is 0. The summed E-state index contributed by atoms with van der Waals surface area (Å²) in [5.74, 6) is -0.696. The van der Waals surface area contributed by atoms with Crippen molar-refractivity contribution in [3.05, 3.63) is 35.5 Å². The molecule has 1 unspecified atom stereocenters. The van der Waals surface area contributed by atoms with Crippen LogP contribution >= 0.6 is 0 Å². The van der Waals surface area contributed by atoms with E-state index in [4.69, 9.17) is 9.47 Å². The second-order valence-electron chi connectivity index (χ2n) is 11.8. The molecule has 2 fully saturated rings. The van der Waals surface area contributed by atoms with Gasteiger partial charge in [0.1, 0.15) is 11.6 Å². The van der Waals surface area contributed by atoms with Gasteiger partial charge in [0.25, 0.3) is 0 Å². The van der Waals surface area contributed by atoms with E-state index in [2.05, 4.69) is 23.6 Å². The second kappa shape index (κ2) is 12.3. The fourth-order valence-corrected chi connectivity index (χ4v) is 5.77. The Morgan fingerprint density at radius 2 is 1.90 bits per heavy atom. The minimum absolute atomic E-state index is 0.00914. The number of rotatable bonds is 10. The molecule has 2 atom stereocenters. The summed E-state index contributed by atoms with van der Waals surface area (Å²) in [6, 6.07) is 9.08. The summed E-state index contributed by atoms with van der Waals surface area (Å²) in [4.78, 5) is 43.4. The number of carbonyl (C=O) groups is 3. The van der Waals surface area contributed by atoms with E-state index in [9.17, 15) is 19.6 Å². The SMILES string of the molecule is CCOC(=O)CC(C(=O)N1CCC[C@H]1CCc1cc2ccc(C#N)cc2n1CC)N(C(=O)OC(C)(C)C)C1CC1. The highest BCUT2D eigenvalue weighted by molar-refractivity contribution is 5.90. The standard InChI is InChI=1S/C31H42N4O5/c1-6-33-25(18-22-11-10-21(20-32)17-26(22)33)15-12-23-9-8-16-34(23)29(37)27(19-28(36)39-7-2)35(24-13-14-24)30(38)40-31(3,4)5/h10-11,17-18,23-24,27H,6-9,12-16,19H2,1-5H3/t23-,27?/m0/s1. The van der Waals surface area contributed by atoms with Crippen molar-refractivity contribution in [2.24, 2.45) is 0 Å². The fourth-order valence-electron chi connectivity index (χ4n) is 5.77. The maximum absolute atomic E-state index is 14.1. The maximum Gasteiger partial charge on any atom is 0.411 e. The molecular weight excluding hydrogens is 508 g/mol. The molecule has 0 N–H and O–H groups in total. The van der Waals surface area contributed by atoms with Crippen molar-refractivity contribution in [3.63, 3.8) is 0 Å². The molecule has 1 aromatic heterocycles. The zero-order chi connectivity index (χ0) is 29.0. The first-order valence-electron chi connectivity index (χ1n) is 14.6. The Morgan fingerprint density at radius 1 is 1.15 bits per heavy atom. The molecule has 0 bridgehead atoms. The summed E-state index contributed by atoms with van der Waals surface area (Å²) in [6.45, 7) is 10.8. The van der Waals surface area contributed by atoms with E-state index in [1.807, 2.05) is 23.1 Å². The maximum atomic E-state index is 14.1. The van der Waals surface area contributed by atoms with Crippen LogP contribution in [0.4, 0.5) is 4.79 Å². The number of fused-ring (bicyclic) bond motifs is 1. The molecule has 1 aliphatic heterocycles. The number of nitriles is 1. The van der Waals surface area contributed by atoms with Gasteiger partial charge in [-0.25, -0.2) is 4.79 Å². The average molecular weight is 551 g/mol. The first-order valence-corrected chi connectivity index (χ1v) is 14.6. The zero-order valence-electron chi connectivity index (χ0n) is 24.4. The third kappa shape index (κ3) is 6.78. The van der Waals surface area contributed by atoms with E-state index < -0.39 is 23.7 Å². The Balaban J connectivity index is 1.55. The third-order valence-corrected chi connectivity index (χ3v) is 7.66. The Bertz CT molecular complexity index is 1280. The Kier molecular flexibility index (Phi) is 9.07. The van der Waals surface area contributed by atoms with Gasteiger partial charge in [0.2, 0.25) is 5.91 Å². The molecule has 9 nitrogen and oxygen atoms in total. The van der Waals surface area contributed by atoms with Crippen molar-refractivity contribution in [1.82, 2.24) is 14.4 Å². The van der Waals surface area contributed by atoms with Crippen LogP contribution in [0.15, 0.2) is 24.3 Å².